The van der Waals surface area contributed by atoms with E-state index in [1.54, 1.807) is 0 Å². The molecule has 0 fully saturated rings. The normalized spacial score (nSPS) is 9.95. The molecular weight excluding hydrogens is 258 g/mol. The highest BCUT2D eigenvalue weighted by Gasteiger charge is 2.23. The quantitative estimate of drug-likeness (QED) is 0.359. The van der Waals surface area contributed by atoms with Gasteiger partial charge in [-0.05, 0) is 0 Å². The number of nitro groups is 1. The fourth-order valence-corrected chi connectivity index (χ4v) is 1.22. The minimum absolute atomic E-state index is 0.0134. The lowest BCUT2D eigenvalue weighted by atomic mass is 10.4. The van der Waals surface area contributed by atoms with E-state index >= 15 is 0 Å². The second kappa shape index (κ2) is 7.06. The number of anilines is 1. The average molecular weight is 271 g/mol. The maximum atomic E-state index is 10.9. The summed E-state index contributed by atoms with van der Waals surface area (Å²) < 4.78 is 9.67. The minimum atomic E-state index is -0.647. The zero-order valence-electron chi connectivity index (χ0n) is 10.2. The van der Waals surface area contributed by atoms with Crippen molar-refractivity contribution in [3.05, 3.63) is 16.4 Å². The maximum absolute atomic E-state index is 10.9. The molecule has 19 heavy (non-hydrogen) atoms. The van der Waals surface area contributed by atoms with Gasteiger partial charge in [0.25, 0.3) is 5.88 Å². The molecule has 3 N–H and O–H groups in total. The molecule has 10 heteroatoms. The van der Waals surface area contributed by atoms with Crippen LogP contribution in [0.4, 0.5) is 11.5 Å². The number of nitrogens with two attached hydrogens (primary N) is 1. The van der Waals surface area contributed by atoms with E-state index in [1.165, 1.54) is 7.11 Å². The van der Waals surface area contributed by atoms with Crippen molar-refractivity contribution >= 4 is 17.4 Å². The van der Waals surface area contributed by atoms with Crippen molar-refractivity contribution in [2.45, 2.75) is 0 Å². The molecule has 0 saturated heterocycles. The highest BCUT2D eigenvalue weighted by molar-refractivity contribution is 5.74. The van der Waals surface area contributed by atoms with Gasteiger partial charge in [0.15, 0.2) is 0 Å². The minimum Gasteiger partial charge on any atom is -0.476 e. The van der Waals surface area contributed by atoms with Crippen LogP contribution >= 0.6 is 0 Å². The van der Waals surface area contributed by atoms with E-state index in [0.29, 0.717) is 0 Å². The van der Waals surface area contributed by atoms with Crippen LogP contribution in [0.15, 0.2) is 6.33 Å². The van der Waals surface area contributed by atoms with Crippen LogP contribution in [0.2, 0.25) is 0 Å². The number of rotatable bonds is 8. The Morgan fingerprint density at radius 3 is 2.89 bits per heavy atom. The summed E-state index contributed by atoms with van der Waals surface area (Å²) in [5.74, 6) is -0.713. The Bertz CT molecular complexity index is 466. The molecule has 0 aliphatic carbocycles. The molecule has 1 amide bonds. The van der Waals surface area contributed by atoms with Crippen molar-refractivity contribution in [3.8, 4) is 5.88 Å². The molecule has 0 aliphatic rings. The molecule has 0 saturated carbocycles. The van der Waals surface area contributed by atoms with Gasteiger partial charge in [-0.25, -0.2) is 4.98 Å². The van der Waals surface area contributed by atoms with Gasteiger partial charge in [0.05, 0.1) is 18.6 Å². The van der Waals surface area contributed by atoms with E-state index in [9.17, 15) is 14.9 Å². The first-order valence-corrected chi connectivity index (χ1v) is 5.19. The lowest BCUT2D eigenvalue weighted by molar-refractivity contribution is -0.385. The molecular formula is C9H13N5O5. The van der Waals surface area contributed by atoms with Crippen molar-refractivity contribution in [2.75, 3.05) is 32.2 Å². The number of methoxy groups -OCH3 is 1. The number of amides is 1. The fraction of sp³-hybridized carbons (Fsp3) is 0.444. The number of carbonyl (C=O) groups is 1. The fourth-order valence-electron chi connectivity index (χ4n) is 1.22. The van der Waals surface area contributed by atoms with E-state index in [2.05, 4.69) is 15.3 Å². The molecule has 0 radical (unpaired) electrons. The number of hydrogen-bond donors (Lipinski definition) is 2. The first-order valence-electron chi connectivity index (χ1n) is 5.19. The van der Waals surface area contributed by atoms with Gasteiger partial charge in [0.1, 0.15) is 12.9 Å². The van der Waals surface area contributed by atoms with E-state index in [4.69, 9.17) is 15.2 Å². The summed E-state index contributed by atoms with van der Waals surface area (Å²) in [7, 11) is 1.27. The van der Waals surface area contributed by atoms with E-state index in [1.807, 2.05) is 0 Å². The van der Waals surface area contributed by atoms with Gasteiger partial charge in [0, 0.05) is 6.54 Å². The Labute approximate surface area is 108 Å². The van der Waals surface area contributed by atoms with Crippen LogP contribution in [-0.4, -0.2) is 47.7 Å². The molecule has 1 aromatic heterocycles. The predicted molar refractivity (Wildman–Crippen MR) is 63.7 cm³/mol. The third-order valence-corrected chi connectivity index (χ3v) is 1.95. The zero-order valence-corrected chi connectivity index (χ0v) is 10.2. The topological polar surface area (TPSA) is 143 Å². The molecule has 1 rings (SSSR count). The smallest absolute Gasteiger partial charge is 0.372 e. The summed E-state index contributed by atoms with van der Waals surface area (Å²) in [6, 6.07) is 0. The van der Waals surface area contributed by atoms with Gasteiger partial charge < -0.3 is 20.5 Å². The molecule has 0 atom stereocenters. The Morgan fingerprint density at radius 1 is 1.58 bits per heavy atom. The highest BCUT2D eigenvalue weighted by atomic mass is 16.6. The van der Waals surface area contributed by atoms with Gasteiger partial charge in [-0.1, -0.05) is 0 Å². The van der Waals surface area contributed by atoms with Crippen LogP contribution in [0.5, 0.6) is 5.88 Å². The standard InChI is InChI=1S/C9H13N5O5/c1-18-9-7(14(16)17)8(12-5-13-9)11-2-3-19-4-6(10)15/h5H,2-4H2,1H3,(H2,10,15)(H,11,12,13). The summed E-state index contributed by atoms with van der Waals surface area (Å²) in [5.41, 5.74) is 4.52. The molecule has 0 aromatic carbocycles. The number of nitrogens with one attached hydrogen (secondary N) is 1. The number of primary amides is 1. The van der Waals surface area contributed by atoms with Crippen molar-refractivity contribution < 1.29 is 19.2 Å². The van der Waals surface area contributed by atoms with Crippen molar-refractivity contribution in [1.29, 1.82) is 0 Å². The van der Waals surface area contributed by atoms with Gasteiger partial charge in [-0.2, -0.15) is 4.98 Å². The van der Waals surface area contributed by atoms with E-state index < -0.39 is 10.8 Å². The van der Waals surface area contributed by atoms with Crippen molar-refractivity contribution in [3.63, 3.8) is 0 Å². The molecule has 1 heterocycles. The van der Waals surface area contributed by atoms with E-state index in [-0.39, 0.29) is 37.1 Å². The van der Waals surface area contributed by atoms with Crippen molar-refractivity contribution in [2.24, 2.45) is 5.73 Å². The Morgan fingerprint density at radius 2 is 2.32 bits per heavy atom. The van der Waals surface area contributed by atoms with Crippen molar-refractivity contribution in [1.82, 2.24) is 9.97 Å². The maximum Gasteiger partial charge on any atom is 0.372 e. The van der Waals surface area contributed by atoms with Crippen LogP contribution in [0.1, 0.15) is 0 Å². The third-order valence-electron chi connectivity index (χ3n) is 1.95. The molecule has 0 unspecified atom stereocenters. The van der Waals surface area contributed by atoms with Gasteiger partial charge in [-0.15, -0.1) is 0 Å². The Hall–Kier alpha value is -2.49. The molecule has 1 aromatic rings. The molecule has 0 bridgehead atoms. The lowest BCUT2D eigenvalue weighted by Crippen LogP contribution is -2.21. The van der Waals surface area contributed by atoms with Crippen LogP contribution in [-0.2, 0) is 9.53 Å². The molecule has 10 nitrogen and oxygen atoms in total. The number of nitrogens with zero attached hydrogens (tertiary/aromatic N) is 3. The summed E-state index contributed by atoms with van der Waals surface area (Å²) >= 11 is 0. The molecule has 0 spiro atoms. The first-order chi connectivity index (χ1) is 9.06. The summed E-state index contributed by atoms with van der Waals surface area (Å²) in [6.07, 6.45) is 1.14. The number of aromatic nitrogens is 2. The largest absolute Gasteiger partial charge is 0.476 e. The molecule has 104 valence electrons. The van der Waals surface area contributed by atoms with Crippen LogP contribution in [0.3, 0.4) is 0 Å². The van der Waals surface area contributed by atoms with Gasteiger partial charge in [-0.3, -0.25) is 14.9 Å². The number of ether oxygens (including phenoxy) is 2. The highest BCUT2D eigenvalue weighted by Crippen LogP contribution is 2.29. The van der Waals surface area contributed by atoms with Crippen LogP contribution < -0.4 is 15.8 Å². The third kappa shape index (κ3) is 4.35. The van der Waals surface area contributed by atoms with E-state index in [0.717, 1.165) is 6.33 Å². The average Bonchev–Trinajstić information content (AvgIpc) is 2.37. The SMILES string of the molecule is COc1ncnc(NCCOCC(N)=O)c1[N+](=O)[O-]. The first kappa shape index (κ1) is 14.6. The van der Waals surface area contributed by atoms with Gasteiger partial charge in [0.2, 0.25) is 11.7 Å². The number of hydrogen-bond acceptors (Lipinski definition) is 8. The summed E-state index contributed by atoms with van der Waals surface area (Å²) in [6.45, 7) is 0.150. The molecule has 0 aliphatic heterocycles. The number of carbonyl (C=O) groups excluding carboxylic acids is 1. The zero-order chi connectivity index (χ0) is 14.3. The monoisotopic (exact) mass is 271 g/mol. The Kier molecular flexibility index (Phi) is 5.41. The summed E-state index contributed by atoms with van der Waals surface area (Å²) in [5, 5.41) is 13.6. The van der Waals surface area contributed by atoms with Gasteiger partial charge >= 0.3 is 5.69 Å². The second-order valence-electron chi connectivity index (χ2n) is 3.28. The predicted octanol–water partition coefficient (Wildman–Crippen LogP) is -0.693. The van der Waals surface area contributed by atoms with Crippen LogP contribution in [0.25, 0.3) is 0 Å². The lowest BCUT2D eigenvalue weighted by Gasteiger charge is -2.07. The Balaban J connectivity index is 2.62. The summed E-state index contributed by atoms with van der Waals surface area (Å²) in [4.78, 5) is 28.0. The second-order valence-corrected chi connectivity index (χ2v) is 3.28. The van der Waals surface area contributed by atoms with Crippen LogP contribution in [0, 0.1) is 10.1 Å².